The van der Waals surface area contributed by atoms with Crippen LogP contribution in [-0.2, 0) is 0 Å². The summed E-state index contributed by atoms with van der Waals surface area (Å²) in [4.78, 5) is 12.1. The van der Waals surface area contributed by atoms with Crippen molar-refractivity contribution in [2.24, 2.45) is 0 Å². The van der Waals surface area contributed by atoms with Gasteiger partial charge in [-0.2, -0.15) is 0 Å². The number of likely N-dealkylation sites (N-methyl/N-ethyl adjacent to an activating group) is 1. The van der Waals surface area contributed by atoms with Crippen LogP contribution < -0.4 is 20.3 Å². The lowest BCUT2D eigenvalue weighted by molar-refractivity contribution is 0.108. The molecule has 3 atom stereocenters. The third-order valence-electron chi connectivity index (χ3n) is 6.93. The Labute approximate surface area is 202 Å². The van der Waals surface area contributed by atoms with E-state index in [0.29, 0.717) is 24.2 Å². The van der Waals surface area contributed by atoms with Crippen molar-refractivity contribution in [2.45, 2.75) is 75.7 Å². The number of nitrogens with zero attached hydrogens (tertiary/aromatic N) is 3. The van der Waals surface area contributed by atoms with Gasteiger partial charge in [-0.25, -0.2) is 9.97 Å². The normalized spacial score (nSPS) is 21.9. The largest absolute Gasteiger partial charge is 0.491 e. The third-order valence-corrected chi connectivity index (χ3v) is 6.93. The molecule has 1 aromatic heterocycles. The van der Waals surface area contributed by atoms with Crippen molar-refractivity contribution in [1.29, 1.82) is 0 Å². The molecule has 2 aromatic rings. The lowest BCUT2D eigenvalue weighted by Crippen LogP contribution is -2.34. The van der Waals surface area contributed by atoms with Gasteiger partial charge in [-0.15, -0.1) is 0 Å². The van der Waals surface area contributed by atoms with Gasteiger partial charge < -0.3 is 30.5 Å². The highest BCUT2D eigenvalue weighted by atomic mass is 16.5. The number of rotatable bonds is 10. The lowest BCUT2D eigenvalue weighted by Gasteiger charge is -2.32. The van der Waals surface area contributed by atoms with Crippen molar-refractivity contribution in [3.63, 3.8) is 0 Å². The molecule has 8 heteroatoms. The van der Waals surface area contributed by atoms with E-state index in [-0.39, 0.29) is 18.8 Å². The third kappa shape index (κ3) is 6.58. The van der Waals surface area contributed by atoms with Gasteiger partial charge in [0.05, 0.1) is 6.10 Å². The second kappa shape index (κ2) is 11.8. The first kappa shape index (κ1) is 24.7. The molecule has 0 bridgehead atoms. The van der Waals surface area contributed by atoms with Crippen LogP contribution in [0.15, 0.2) is 30.3 Å². The van der Waals surface area contributed by atoms with Crippen LogP contribution in [-0.4, -0.2) is 71.7 Å². The van der Waals surface area contributed by atoms with Crippen LogP contribution in [0.4, 0.5) is 11.6 Å². The minimum absolute atomic E-state index is 0.215. The van der Waals surface area contributed by atoms with Crippen molar-refractivity contribution in [3.8, 4) is 17.1 Å². The first-order valence-corrected chi connectivity index (χ1v) is 12.6. The fourth-order valence-corrected chi connectivity index (χ4v) is 4.98. The van der Waals surface area contributed by atoms with Gasteiger partial charge in [0.25, 0.3) is 0 Å². The van der Waals surface area contributed by atoms with E-state index in [1.807, 2.05) is 30.3 Å². The molecule has 8 nitrogen and oxygen atoms in total. The molecule has 1 aromatic carbocycles. The Kier molecular flexibility index (Phi) is 8.59. The average Bonchev–Trinajstić information content (AvgIpc) is 3.27. The maximum Gasteiger partial charge on any atom is 0.163 e. The van der Waals surface area contributed by atoms with Gasteiger partial charge in [-0.3, -0.25) is 0 Å². The molecule has 0 saturated heterocycles. The summed E-state index contributed by atoms with van der Waals surface area (Å²) in [6.07, 6.45) is 7.89. The maximum atomic E-state index is 9.97. The Morgan fingerprint density at radius 3 is 2.68 bits per heavy atom. The minimum Gasteiger partial charge on any atom is -0.491 e. The van der Waals surface area contributed by atoms with Crippen LogP contribution >= 0.6 is 0 Å². The van der Waals surface area contributed by atoms with Crippen molar-refractivity contribution in [2.75, 3.05) is 37.5 Å². The van der Waals surface area contributed by atoms with Gasteiger partial charge in [0.1, 0.15) is 30.1 Å². The second-order valence-corrected chi connectivity index (χ2v) is 9.70. The number of nitrogens with one attached hydrogen (secondary N) is 2. The topological polar surface area (TPSA) is 103 Å². The Bertz CT molecular complexity index is 921. The Morgan fingerprint density at radius 1 is 1.12 bits per heavy atom. The number of benzene rings is 1. The highest BCUT2D eigenvalue weighted by molar-refractivity contribution is 5.63. The molecule has 4 rings (SSSR count). The van der Waals surface area contributed by atoms with Crippen LogP contribution in [0.1, 0.15) is 51.4 Å². The summed E-state index contributed by atoms with van der Waals surface area (Å²) < 4.78 is 5.81. The summed E-state index contributed by atoms with van der Waals surface area (Å²) >= 11 is 0. The number of aliphatic hydroxyl groups excluding tert-OH is 2. The van der Waals surface area contributed by atoms with Crippen LogP contribution in [0, 0.1) is 0 Å². The van der Waals surface area contributed by atoms with E-state index >= 15 is 0 Å². The van der Waals surface area contributed by atoms with E-state index in [1.54, 1.807) is 7.05 Å². The van der Waals surface area contributed by atoms with Gasteiger partial charge >= 0.3 is 0 Å². The molecule has 1 unspecified atom stereocenters. The van der Waals surface area contributed by atoms with Crippen molar-refractivity contribution < 1.29 is 14.9 Å². The van der Waals surface area contributed by atoms with E-state index in [0.717, 1.165) is 36.5 Å². The predicted molar refractivity (Wildman–Crippen MR) is 135 cm³/mol. The summed E-state index contributed by atoms with van der Waals surface area (Å²) in [5.41, 5.74) is 0.869. The summed E-state index contributed by atoms with van der Waals surface area (Å²) in [6.45, 7) is 0.690. The van der Waals surface area contributed by atoms with Gasteiger partial charge in [0.2, 0.25) is 0 Å². The molecule has 2 aliphatic carbocycles. The Hall–Kier alpha value is -2.42. The molecule has 2 saturated carbocycles. The molecule has 0 spiro atoms. The highest BCUT2D eigenvalue weighted by Crippen LogP contribution is 2.30. The zero-order chi connectivity index (χ0) is 23.9. The summed E-state index contributed by atoms with van der Waals surface area (Å²) in [5.74, 6) is 3.02. The van der Waals surface area contributed by atoms with Crippen molar-refractivity contribution in [1.82, 2.24) is 15.3 Å². The van der Waals surface area contributed by atoms with Crippen molar-refractivity contribution in [3.05, 3.63) is 30.3 Å². The van der Waals surface area contributed by atoms with Gasteiger partial charge in [-0.05, 0) is 51.3 Å². The average molecular weight is 470 g/mol. The van der Waals surface area contributed by atoms with Crippen molar-refractivity contribution >= 4 is 11.6 Å². The number of anilines is 2. The molecule has 0 amide bonds. The van der Waals surface area contributed by atoms with Gasteiger partial charge in [-0.1, -0.05) is 31.4 Å². The minimum atomic E-state index is -0.574. The molecular formula is C26H39N5O3. The van der Waals surface area contributed by atoms with Gasteiger partial charge in [0.15, 0.2) is 5.82 Å². The van der Waals surface area contributed by atoms with Crippen LogP contribution in [0.25, 0.3) is 11.4 Å². The molecule has 0 aliphatic heterocycles. The van der Waals surface area contributed by atoms with E-state index in [2.05, 4.69) is 22.6 Å². The van der Waals surface area contributed by atoms with Crippen LogP contribution in [0.5, 0.6) is 5.75 Å². The standard InChI is InChI=1S/C26H39N5O3/c1-27-16-22(33)17-34-23-10-6-7-18(13-23)26-29-24(28-19-11-12-21(32)14-19)15-25(30-26)31(2)20-8-4-3-5-9-20/h6-7,10,13,15,19-22,27,32-33H,3-5,8-9,11-12,14,16-17H2,1-2H3,(H,28,29,30)/t19-,21-,22?/m1/s1. The molecule has 2 aliphatic rings. The maximum absolute atomic E-state index is 9.97. The lowest BCUT2D eigenvalue weighted by atomic mass is 9.94. The quantitative estimate of drug-likeness (QED) is 0.421. The van der Waals surface area contributed by atoms with Crippen LogP contribution in [0.3, 0.4) is 0 Å². The fourth-order valence-electron chi connectivity index (χ4n) is 4.98. The molecule has 0 radical (unpaired) electrons. The number of hydrogen-bond acceptors (Lipinski definition) is 8. The summed E-state index contributed by atoms with van der Waals surface area (Å²) in [5, 5.41) is 26.4. The molecule has 186 valence electrons. The van der Waals surface area contributed by atoms with E-state index in [1.165, 1.54) is 32.1 Å². The van der Waals surface area contributed by atoms with E-state index in [9.17, 15) is 10.2 Å². The Morgan fingerprint density at radius 2 is 1.94 bits per heavy atom. The monoisotopic (exact) mass is 469 g/mol. The van der Waals surface area contributed by atoms with Gasteiger partial charge in [0, 0.05) is 37.3 Å². The molecular weight excluding hydrogens is 430 g/mol. The zero-order valence-corrected chi connectivity index (χ0v) is 20.4. The smallest absolute Gasteiger partial charge is 0.163 e. The first-order chi connectivity index (χ1) is 16.5. The zero-order valence-electron chi connectivity index (χ0n) is 20.4. The predicted octanol–water partition coefficient (Wildman–Crippen LogP) is 3.20. The molecule has 34 heavy (non-hydrogen) atoms. The fraction of sp³-hybridized carbons (Fsp3) is 0.615. The molecule has 2 fully saturated rings. The van der Waals surface area contributed by atoms with Crippen LogP contribution in [0.2, 0.25) is 0 Å². The molecule has 4 N–H and O–H groups in total. The Balaban J connectivity index is 1.58. The van der Waals surface area contributed by atoms with E-state index < -0.39 is 6.10 Å². The van der Waals surface area contributed by atoms with E-state index in [4.69, 9.17) is 14.7 Å². The molecule has 1 heterocycles. The summed E-state index contributed by atoms with van der Waals surface area (Å²) in [7, 11) is 3.93. The number of aromatic nitrogens is 2. The SMILES string of the molecule is CNCC(O)COc1cccc(-c2nc(N[C@@H]3CC[C@@H](O)C3)cc(N(C)C3CCCCC3)n2)c1. The first-order valence-electron chi connectivity index (χ1n) is 12.6. The highest BCUT2D eigenvalue weighted by Gasteiger charge is 2.25. The summed E-state index contributed by atoms with van der Waals surface area (Å²) in [6, 6.07) is 10.5. The number of hydrogen-bond donors (Lipinski definition) is 4. The number of ether oxygens (including phenoxy) is 1. The number of aliphatic hydroxyl groups is 2. The second-order valence-electron chi connectivity index (χ2n) is 9.70.